The molecule has 86 valence electrons. The third kappa shape index (κ3) is 3.20. The summed E-state index contributed by atoms with van der Waals surface area (Å²) in [5, 5.41) is 3.31. The van der Waals surface area contributed by atoms with E-state index in [9.17, 15) is 4.79 Å². The molecule has 0 aromatic rings. The first-order valence-electron chi connectivity index (χ1n) is 6.26. The summed E-state index contributed by atoms with van der Waals surface area (Å²) >= 11 is 0. The molecule has 1 atom stereocenters. The highest BCUT2D eigenvalue weighted by Gasteiger charge is 2.26. The summed E-state index contributed by atoms with van der Waals surface area (Å²) in [5.74, 6) is 1.22. The molecule has 1 N–H and O–H groups in total. The van der Waals surface area contributed by atoms with E-state index in [2.05, 4.69) is 5.32 Å². The fraction of sp³-hybridized carbons (Fsp3) is 0.917. The Morgan fingerprint density at radius 3 is 2.73 bits per heavy atom. The van der Waals surface area contributed by atoms with Crippen molar-refractivity contribution in [3.05, 3.63) is 0 Å². The Morgan fingerprint density at radius 2 is 2.13 bits per heavy atom. The summed E-state index contributed by atoms with van der Waals surface area (Å²) in [6, 6.07) is 0.1000. The first-order chi connectivity index (χ1) is 7.27. The summed E-state index contributed by atoms with van der Waals surface area (Å²) in [6.07, 6.45) is 7.39. The first-order valence-corrected chi connectivity index (χ1v) is 6.26. The number of hydrogen-bond donors (Lipinski definition) is 1. The number of rotatable bonds is 4. The van der Waals surface area contributed by atoms with Crippen molar-refractivity contribution < 1.29 is 4.79 Å². The summed E-state index contributed by atoms with van der Waals surface area (Å²) < 4.78 is 0. The molecule has 1 amide bonds. The molecule has 0 aromatic heterocycles. The molecular weight excluding hydrogens is 188 g/mol. The van der Waals surface area contributed by atoms with Crippen LogP contribution in [-0.2, 0) is 4.79 Å². The zero-order valence-corrected chi connectivity index (χ0v) is 9.67. The number of carbonyl (C=O) groups excluding carboxylic acids is 1. The smallest absolute Gasteiger partial charge is 0.239 e. The highest BCUT2D eigenvalue weighted by Crippen LogP contribution is 2.32. The highest BCUT2D eigenvalue weighted by molar-refractivity contribution is 5.81. The van der Waals surface area contributed by atoms with Gasteiger partial charge >= 0.3 is 0 Å². The number of piperidine rings is 1. The van der Waals surface area contributed by atoms with E-state index in [-0.39, 0.29) is 6.04 Å². The maximum Gasteiger partial charge on any atom is 0.239 e. The van der Waals surface area contributed by atoms with E-state index in [4.69, 9.17) is 0 Å². The summed E-state index contributed by atoms with van der Waals surface area (Å²) in [7, 11) is 1.95. The Labute approximate surface area is 92.2 Å². The zero-order chi connectivity index (χ0) is 10.7. The predicted octanol–water partition coefficient (Wildman–Crippen LogP) is 1.39. The topological polar surface area (TPSA) is 32.3 Å². The van der Waals surface area contributed by atoms with Gasteiger partial charge in [-0.2, -0.15) is 0 Å². The van der Waals surface area contributed by atoms with Gasteiger partial charge in [-0.1, -0.05) is 19.3 Å². The molecule has 3 nitrogen and oxygen atoms in total. The molecule has 1 saturated heterocycles. The number of hydrogen-bond acceptors (Lipinski definition) is 2. The molecule has 0 radical (unpaired) electrons. The average Bonchev–Trinajstić information content (AvgIpc) is 3.10. The highest BCUT2D eigenvalue weighted by atomic mass is 16.2. The minimum Gasteiger partial charge on any atom is -0.344 e. The van der Waals surface area contributed by atoms with Crippen LogP contribution in [0, 0.1) is 5.92 Å². The van der Waals surface area contributed by atoms with Crippen LogP contribution in [0.4, 0.5) is 0 Å². The van der Waals surface area contributed by atoms with E-state index in [1.165, 1.54) is 32.1 Å². The van der Waals surface area contributed by atoms with Crippen LogP contribution in [0.15, 0.2) is 0 Å². The van der Waals surface area contributed by atoms with Crippen LogP contribution < -0.4 is 5.32 Å². The third-order valence-electron chi connectivity index (χ3n) is 3.55. The molecule has 1 heterocycles. The largest absolute Gasteiger partial charge is 0.344 e. The maximum atomic E-state index is 12.0. The standard InChI is InChI=1S/C12H22N2O/c1-14(9-7-10-5-6-10)12(15)11-4-2-3-8-13-11/h10-11,13H,2-9H2,1H3. The van der Waals surface area contributed by atoms with Crippen LogP contribution in [-0.4, -0.2) is 37.0 Å². The average molecular weight is 210 g/mol. The lowest BCUT2D eigenvalue weighted by Crippen LogP contribution is -2.47. The Kier molecular flexibility index (Phi) is 3.62. The number of nitrogens with one attached hydrogen (secondary N) is 1. The first kappa shape index (κ1) is 10.9. The molecule has 1 saturated carbocycles. The van der Waals surface area contributed by atoms with E-state index in [0.717, 1.165) is 25.4 Å². The Bertz CT molecular complexity index is 220. The molecule has 2 rings (SSSR count). The number of carbonyl (C=O) groups is 1. The lowest BCUT2D eigenvalue weighted by atomic mass is 10.0. The fourth-order valence-electron chi connectivity index (χ4n) is 2.22. The van der Waals surface area contributed by atoms with Crippen molar-refractivity contribution in [1.29, 1.82) is 0 Å². The Morgan fingerprint density at radius 1 is 1.33 bits per heavy atom. The second kappa shape index (κ2) is 4.97. The van der Waals surface area contributed by atoms with E-state index < -0.39 is 0 Å². The van der Waals surface area contributed by atoms with E-state index >= 15 is 0 Å². The number of amides is 1. The van der Waals surface area contributed by atoms with Crippen LogP contribution in [0.3, 0.4) is 0 Å². The predicted molar refractivity (Wildman–Crippen MR) is 60.6 cm³/mol. The second-order valence-electron chi connectivity index (χ2n) is 4.99. The summed E-state index contributed by atoms with van der Waals surface area (Å²) in [4.78, 5) is 13.9. The van der Waals surface area contributed by atoms with Crippen LogP contribution >= 0.6 is 0 Å². The molecule has 15 heavy (non-hydrogen) atoms. The van der Waals surface area contributed by atoms with Crippen molar-refractivity contribution in [1.82, 2.24) is 10.2 Å². The van der Waals surface area contributed by atoms with Gasteiger partial charge in [0.15, 0.2) is 0 Å². The maximum absolute atomic E-state index is 12.0. The van der Waals surface area contributed by atoms with Crippen molar-refractivity contribution in [3.63, 3.8) is 0 Å². The van der Waals surface area contributed by atoms with Gasteiger partial charge in [-0.05, 0) is 31.7 Å². The van der Waals surface area contributed by atoms with Gasteiger partial charge in [-0.15, -0.1) is 0 Å². The lowest BCUT2D eigenvalue weighted by molar-refractivity contribution is -0.132. The minimum atomic E-state index is 0.1000. The molecule has 1 unspecified atom stereocenters. The van der Waals surface area contributed by atoms with E-state index in [1.54, 1.807) is 0 Å². The SMILES string of the molecule is CN(CCC1CC1)C(=O)C1CCCCN1. The molecule has 0 aromatic carbocycles. The molecular formula is C12H22N2O. The minimum absolute atomic E-state index is 0.1000. The molecule has 1 aliphatic heterocycles. The van der Waals surface area contributed by atoms with Gasteiger partial charge in [-0.25, -0.2) is 0 Å². The Balaban J connectivity index is 1.71. The molecule has 0 spiro atoms. The van der Waals surface area contributed by atoms with Crippen molar-refractivity contribution in [2.24, 2.45) is 5.92 Å². The number of nitrogens with zero attached hydrogens (tertiary/aromatic N) is 1. The van der Waals surface area contributed by atoms with Gasteiger partial charge in [-0.3, -0.25) is 4.79 Å². The van der Waals surface area contributed by atoms with Crippen molar-refractivity contribution in [2.45, 2.75) is 44.6 Å². The lowest BCUT2D eigenvalue weighted by Gasteiger charge is -2.27. The van der Waals surface area contributed by atoms with Crippen LogP contribution in [0.1, 0.15) is 38.5 Å². The molecule has 1 aliphatic carbocycles. The normalized spacial score (nSPS) is 26.3. The fourth-order valence-corrected chi connectivity index (χ4v) is 2.22. The second-order valence-corrected chi connectivity index (χ2v) is 4.99. The van der Waals surface area contributed by atoms with Gasteiger partial charge in [0.1, 0.15) is 0 Å². The summed E-state index contributed by atoms with van der Waals surface area (Å²) in [6.45, 7) is 1.95. The Hall–Kier alpha value is -0.570. The van der Waals surface area contributed by atoms with Crippen LogP contribution in [0.5, 0.6) is 0 Å². The molecule has 2 fully saturated rings. The van der Waals surface area contributed by atoms with Crippen molar-refractivity contribution >= 4 is 5.91 Å². The van der Waals surface area contributed by atoms with Crippen LogP contribution in [0.2, 0.25) is 0 Å². The third-order valence-corrected chi connectivity index (χ3v) is 3.55. The van der Waals surface area contributed by atoms with Crippen molar-refractivity contribution in [2.75, 3.05) is 20.1 Å². The monoisotopic (exact) mass is 210 g/mol. The van der Waals surface area contributed by atoms with Crippen LogP contribution in [0.25, 0.3) is 0 Å². The molecule has 0 bridgehead atoms. The van der Waals surface area contributed by atoms with Crippen molar-refractivity contribution in [3.8, 4) is 0 Å². The van der Waals surface area contributed by atoms with Gasteiger partial charge in [0.25, 0.3) is 0 Å². The van der Waals surface area contributed by atoms with E-state index in [0.29, 0.717) is 5.91 Å². The quantitative estimate of drug-likeness (QED) is 0.760. The van der Waals surface area contributed by atoms with E-state index in [1.807, 2.05) is 11.9 Å². The summed E-state index contributed by atoms with van der Waals surface area (Å²) in [5.41, 5.74) is 0. The molecule has 2 aliphatic rings. The van der Waals surface area contributed by atoms with Gasteiger partial charge in [0, 0.05) is 13.6 Å². The van der Waals surface area contributed by atoms with Gasteiger partial charge in [0.05, 0.1) is 6.04 Å². The van der Waals surface area contributed by atoms with Gasteiger partial charge in [0.2, 0.25) is 5.91 Å². The number of likely N-dealkylation sites (N-methyl/N-ethyl adjacent to an activating group) is 1. The zero-order valence-electron chi connectivity index (χ0n) is 9.67. The molecule has 3 heteroatoms. The van der Waals surface area contributed by atoms with Gasteiger partial charge < -0.3 is 10.2 Å².